The van der Waals surface area contributed by atoms with Crippen molar-refractivity contribution in [2.45, 2.75) is 6.42 Å². The van der Waals surface area contributed by atoms with Gasteiger partial charge in [-0.2, -0.15) is 0 Å². The van der Waals surface area contributed by atoms with E-state index in [2.05, 4.69) is 40.6 Å². The summed E-state index contributed by atoms with van der Waals surface area (Å²) in [6, 6.07) is 20.8. The molecule has 0 saturated carbocycles. The van der Waals surface area contributed by atoms with E-state index in [4.69, 9.17) is 4.74 Å². The molecule has 0 amide bonds. The molecule has 0 bridgehead atoms. The van der Waals surface area contributed by atoms with Gasteiger partial charge in [0.1, 0.15) is 0 Å². The van der Waals surface area contributed by atoms with E-state index in [0.717, 1.165) is 28.0 Å². The molecule has 138 valence electrons. The number of rotatable bonds is 7. The van der Waals surface area contributed by atoms with E-state index in [1.165, 1.54) is 15.1 Å². The van der Waals surface area contributed by atoms with Crippen LogP contribution < -0.4 is 14.4 Å². The Hall–Kier alpha value is -2.42. The van der Waals surface area contributed by atoms with E-state index in [-0.39, 0.29) is 6.61 Å². The van der Waals surface area contributed by atoms with Crippen molar-refractivity contribution in [3.63, 3.8) is 0 Å². The average molecular weight is 422 g/mol. The molecule has 4 aromatic rings. The van der Waals surface area contributed by atoms with E-state index in [9.17, 15) is 5.11 Å². The van der Waals surface area contributed by atoms with Gasteiger partial charge in [-0.25, -0.2) is 0 Å². The van der Waals surface area contributed by atoms with Gasteiger partial charge in [-0.05, 0) is 0 Å². The van der Waals surface area contributed by atoms with Crippen LogP contribution in [-0.2, 0) is 6.42 Å². The molecule has 5 heteroatoms. The number of nitrogens with one attached hydrogen (secondary N) is 2. The number of aromatic nitrogens is 1. The van der Waals surface area contributed by atoms with Gasteiger partial charge in [-0.15, -0.1) is 0 Å². The Labute approximate surface area is 167 Å². The zero-order valence-electron chi connectivity index (χ0n) is 15.0. The number of benzene rings is 3. The van der Waals surface area contributed by atoms with E-state index >= 15 is 0 Å². The summed E-state index contributed by atoms with van der Waals surface area (Å²) in [5.41, 5.74) is 4.44. The van der Waals surface area contributed by atoms with Crippen molar-refractivity contribution in [1.29, 1.82) is 0 Å². The Balaban J connectivity index is 1.45. The molecule has 3 aromatic carbocycles. The minimum absolute atomic E-state index is 0.154. The monoisotopic (exact) mass is 422 g/mol. The first-order valence-electron chi connectivity index (χ1n) is 9.11. The molecule has 3 N–H and O–H groups in total. The summed E-state index contributed by atoms with van der Waals surface area (Å²) in [4.78, 5) is 3.47. The number of H-pyrrole nitrogens is 1. The molecule has 0 aliphatic rings. The van der Waals surface area contributed by atoms with E-state index in [1.807, 2.05) is 30.3 Å². The second-order valence-corrected chi connectivity index (χ2v) is 7.82. The molecule has 0 aliphatic carbocycles. The van der Waals surface area contributed by atoms with Crippen molar-refractivity contribution >= 4 is 48.7 Å². The quantitative estimate of drug-likeness (QED) is 0.317. The molecule has 1 heterocycles. The topological polar surface area (TPSA) is 57.3 Å². The van der Waals surface area contributed by atoms with Gasteiger partial charge in [-0.3, -0.25) is 0 Å². The number of aliphatic hydroxyl groups is 1. The van der Waals surface area contributed by atoms with Crippen molar-refractivity contribution in [2.24, 2.45) is 0 Å². The molecule has 1 atom stereocenters. The third-order valence-electron chi connectivity index (χ3n) is 4.71. The number of fused-ring (bicyclic) bond motifs is 3. The molecule has 27 heavy (non-hydrogen) atoms. The number of ether oxygens (including phenoxy) is 1. The van der Waals surface area contributed by atoms with Gasteiger partial charge >= 0.3 is 167 Å². The molecular formula is C22H23AsN2O2. The van der Waals surface area contributed by atoms with Crippen molar-refractivity contribution in [2.75, 3.05) is 25.1 Å². The summed E-state index contributed by atoms with van der Waals surface area (Å²) in [5.74, 6) is 0.930. The molecule has 1 unspecified atom stereocenters. The number of para-hydroxylation sites is 2. The summed E-state index contributed by atoms with van der Waals surface area (Å²) < 4.78 is 7.24. The Morgan fingerprint density at radius 2 is 1.78 bits per heavy atom. The summed E-state index contributed by atoms with van der Waals surface area (Å²) in [6.45, 7) is 1.44. The summed E-state index contributed by atoms with van der Waals surface area (Å²) >= 11 is 1.57. The first-order chi connectivity index (χ1) is 13.3. The van der Waals surface area contributed by atoms with Crippen molar-refractivity contribution in [1.82, 2.24) is 4.98 Å². The van der Waals surface area contributed by atoms with Gasteiger partial charge in [0.2, 0.25) is 0 Å². The molecular weight excluding hydrogens is 399 g/mol. The van der Waals surface area contributed by atoms with Crippen LogP contribution in [0.4, 0.5) is 5.69 Å². The summed E-state index contributed by atoms with van der Waals surface area (Å²) in [5, 5.41) is 15.1. The van der Waals surface area contributed by atoms with Gasteiger partial charge in [-0.1, -0.05) is 0 Å². The standard InChI is InChI=1S/C22H23AsN2O2/c23-18-13-17-16-6-2-4-8-20(16)25-21(17)14-22(18)27-12-10-24-19-7-3-1-5-15(19)9-11-26/h1-8,13-14,24-26H,9-12,23H2. The maximum atomic E-state index is 9.18. The number of hydrogen-bond acceptors (Lipinski definition) is 3. The van der Waals surface area contributed by atoms with Crippen LogP contribution in [0, 0.1) is 0 Å². The predicted octanol–water partition coefficient (Wildman–Crippen LogP) is 2.61. The Bertz CT molecular complexity index is 1070. The van der Waals surface area contributed by atoms with Crippen molar-refractivity contribution < 1.29 is 9.84 Å². The van der Waals surface area contributed by atoms with Gasteiger partial charge < -0.3 is 0 Å². The molecule has 0 fully saturated rings. The molecule has 0 saturated heterocycles. The zero-order chi connectivity index (χ0) is 18.6. The predicted molar refractivity (Wildman–Crippen MR) is 115 cm³/mol. The third kappa shape index (κ3) is 3.82. The normalized spacial score (nSPS) is 11.2. The number of anilines is 1. The zero-order valence-corrected chi connectivity index (χ0v) is 17.5. The van der Waals surface area contributed by atoms with Crippen LogP contribution in [0.5, 0.6) is 5.75 Å². The molecule has 0 radical (unpaired) electrons. The van der Waals surface area contributed by atoms with E-state index in [0.29, 0.717) is 19.6 Å². The fourth-order valence-electron chi connectivity index (χ4n) is 3.40. The SMILES string of the molecule is OCCc1ccccc1NCCOc1cc2[nH]c3ccccc3c2cc1[AsH2]. The second-order valence-electron chi connectivity index (χ2n) is 6.51. The van der Waals surface area contributed by atoms with Crippen LogP contribution in [-0.4, -0.2) is 46.7 Å². The van der Waals surface area contributed by atoms with E-state index < -0.39 is 0 Å². The maximum absolute atomic E-state index is 9.18. The van der Waals surface area contributed by atoms with Crippen LogP contribution in [0.2, 0.25) is 0 Å². The van der Waals surface area contributed by atoms with Gasteiger partial charge in [0.15, 0.2) is 0 Å². The first kappa shape index (κ1) is 18.0. The number of hydrogen-bond donors (Lipinski definition) is 3. The van der Waals surface area contributed by atoms with Gasteiger partial charge in [0.25, 0.3) is 0 Å². The number of aliphatic hydroxyl groups excluding tert-OH is 1. The Kier molecular flexibility index (Phi) is 5.37. The van der Waals surface area contributed by atoms with Crippen LogP contribution in [0.1, 0.15) is 5.56 Å². The second kappa shape index (κ2) is 8.08. The number of aromatic amines is 1. The Morgan fingerprint density at radius 3 is 2.67 bits per heavy atom. The molecule has 0 spiro atoms. The summed E-state index contributed by atoms with van der Waals surface area (Å²) in [7, 11) is 0. The van der Waals surface area contributed by atoms with Crippen LogP contribution in [0.3, 0.4) is 0 Å². The van der Waals surface area contributed by atoms with Crippen molar-refractivity contribution in [3.05, 3.63) is 66.2 Å². The minimum atomic E-state index is 0.154. The van der Waals surface area contributed by atoms with Crippen LogP contribution in [0.15, 0.2) is 60.7 Å². The Morgan fingerprint density at radius 1 is 0.963 bits per heavy atom. The van der Waals surface area contributed by atoms with E-state index in [1.54, 1.807) is 16.9 Å². The van der Waals surface area contributed by atoms with Gasteiger partial charge in [0, 0.05) is 0 Å². The fraction of sp³-hybridized carbons (Fsp3) is 0.182. The van der Waals surface area contributed by atoms with Crippen molar-refractivity contribution in [3.8, 4) is 5.75 Å². The first-order valence-corrected chi connectivity index (χ1v) is 10.3. The average Bonchev–Trinajstić information content (AvgIpc) is 3.04. The fourth-order valence-corrected chi connectivity index (χ4v) is 4.10. The molecule has 4 nitrogen and oxygen atoms in total. The third-order valence-corrected chi connectivity index (χ3v) is 5.66. The molecule has 0 aliphatic heterocycles. The summed E-state index contributed by atoms with van der Waals surface area (Å²) in [6.07, 6.45) is 0.655. The van der Waals surface area contributed by atoms with Gasteiger partial charge in [0.05, 0.1) is 0 Å². The van der Waals surface area contributed by atoms with Crippen LogP contribution >= 0.6 is 0 Å². The van der Waals surface area contributed by atoms with Crippen LogP contribution in [0.25, 0.3) is 21.8 Å². The molecule has 1 aromatic heterocycles. The molecule has 4 rings (SSSR count).